The number of esters is 1. The molecule has 0 aromatic carbocycles. The second kappa shape index (κ2) is 5.86. The molecule has 0 heterocycles. The molecule has 2 rings (SSSR count). The molecule has 4 atom stereocenters. The van der Waals surface area contributed by atoms with Crippen LogP contribution in [0.25, 0.3) is 0 Å². The summed E-state index contributed by atoms with van der Waals surface area (Å²) in [5.74, 6) is -2.06. The lowest BCUT2D eigenvalue weighted by Crippen LogP contribution is -2.39. The summed E-state index contributed by atoms with van der Waals surface area (Å²) < 4.78 is 34.8. The molecule has 22 heavy (non-hydrogen) atoms. The summed E-state index contributed by atoms with van der Waals surface area (Å²) in [5.41, 5.74) is -0.450. The van der Waals surface area contributed by atoms with Gasteiger partial charge < -0.3 is 9.84 Å². The molecule has 128 valence electrons. The van der Waals surface area contributed by atoms with E-state index >= 15 is 0 Å². The van der Waals surface area contributed by atoms with Crippen LogP contribution in [-0.4, -0.2) is 34.3 Å². The summed E-state index contributed by atoms with van der Waals surface area (Å²) >= 11 is -0.658. The van der Waals surface area contributed by atoms with Crippen molar-refractivity contribution in [1.82, 2.24) is 0 Å². The molecular formula is C13H20F2O6S. The molecule has 0 spiro atoms. The largest absolute Gasteiger partial charge is 0.460 e. The minimum atomic E-state index is -4.01. The Bertz CT molecular complexity index is 446. The van der Waals surface area contributed by atoms with Gasteiger partial charge in [-0.25, -0.2) is 10.1 Å². The molecule has 0 amide bonds. The lowest BCUT2D eigenvalue weighted by atomic mass is 9.70. The maximum Gasteiger partial charge on any atom is 0.415 e. The molecule has 2 bridgehead atoms. The molecule has 0 radical (unpaired) electrons. The molecule has 2 saturated carbocycles. The lowest BCUT2D eigenvalue weighted by molar-refractivity contribution is -0.433. The molecule has 6 nitrogen and oxygen atoms in total. The van der Waals surface area contributed by atoms with Crippen LogP contribution in [0.4, 0.5) is 8.78 Å². The third kappa shape index (κ3) is 2.62. The fourth-order valence-corrected chi connectivity index (χ4v) is 4.33. The van der Waals surface area contributed by atoms with Crippen molar-refractivity contribution >= 4 is 18.0 Å². The van der Waals surface area contributed by atoms with Gasteiger partial charge in [-0.1, -0.05) is 25.8 Å². The number of alkyl halides is 2. The van der Waals surface area contributed by atoms with Crippen molar-refractivity contribution in [2.24, 2.45) is 22.7 Å². The molecule has 0 aromatic heterocycles. The average molecular weight is 342 g/mol. The van der Waals surface area contributed by atoms with E-state index in [4.69, 9.17) is 5.26 Å². The Balaban J connectivity index is 1.97. The zero-order valence-corrected chi connectivity index (χ0v) is 13.4. The average Bonchev–Trinajstić information content (AvgIpc) is 2.75. The molecule has 0 saturated heterocycles. The van der Waals surface area contributed by atoms with Gasteiger partial charge in [-0.3, -0.25) is 0 Å². The number of aliphatic hydroxyl groups excluding tert-OH is 1. The van der Waals surface area contributed by atoms with Crippen LogP contribution in [0, 0.1) is 22.7 Å². The van der Waals surface area contributed by atoms with Gasteiger partial charge in [0.05, 0.1) is 12.7 Å². The Kier molecular flexibility index (Phi) is 4.76. The number of fused-ring (bicyclic) bond motifs is 2. The molecule has 2 fully saturated rings. The van der Waals surface area contributed by atoms with Crippen LogP contribution in [0.15, 0.2) is 0 Å². The molecule has 0 aliphatic heterocycles. The van der Waals surface area contributed by atoms with Crippen LogP contribution in [-0.2, 0) is 18.9 Å². The van der Waals surface area contributed by atoms with E-state index in [1.54, 1.807) is 0 Å². The first kappa shape index (κ1) is 17.9. The van der Waals surface area contributed by atoms with E-state index in [2.05, 4.69) is 14.1 Å². The number of ether oxygens (including phenoxy) is 1. The van der Waals surface area contributed by atoms with Crippen LogP contribution in [0.5, 0.6) is 0 Å². The van der Waals surface area contributed by atoms with Gasteiger partial charge in [-0.2, -0.15) is 8.78 Å². The van der Waals surface area contributed by atoms with Crippen LogP contribution in [0.3, 0.4) is 0 Å². The summed E-state index contributed by atoms with van der Waals surface area (Å²) in [6.07, 6.45) is 1.03. The van der Waals surface area contributed by atoms with Gasteiger partial charge in [0.1, 0.15) is 12.0 Å². The van der Waals surface area contributed by atoms with Crippen molar-refractivity contribution in [2.75, 3.05) is 6.61 Å². The van der Waals surface area contributed by atoms with Gasteiger partial charge >= 0.3 is 11.2 Å². The van der Waals surface area contributed by atoms with Crippen LogP contribution in [0.2, 0.25) is 0 Å². The first-order valence-electron chi connectivity index (χ1n) is 6.97. The number of carbonyl (C=O) groups is 1. The van der Waals surface area contributed by atoms with Crippen molar-refractivity contribution in [2.45, 2.75) is 45.0 Å². The highest BCUT2D eigenvalue weighted by molar-refractivity contribution is 7.96. The smallest absolute Gasteiger partial charge is 0.415 e. The van der Waals surface area contributed by atoms with Crippen LogP contribution in [0.1, 0.15) is 33.6 Å². The number of hydrogen-bond donors (Lipinski definition) is 2. The molecule has 2 aliphatic rings. The third-order valence-corrected chi connectivity index (χ3v) is 6.27. The summed E-state index contributed by atoms with van der Waals surface area (Å²) in [7, 11) is 0. The predicted octanol–water partition coefficient (Wildman–Crippen LogP) is 2.62. The Morgan fingerprint density at radius 2 is 2.05 bits per heavy atom. The minimum absolute atomic E-state index is 0.110. The number of hydrogen-bond acceptors (Lipinski definition) is 7. The first-order chi connectivity index (χ1) is 10.1. The fourth-order valence-electron chi connectivity index (χ4n) is 4.09. The van der Waals surface area contributed by atoms with Crippen LogP contribution < -0.4 is 0 Å². The van der Waals surface area contributed by atoms with Gasteiger partial charge in [0.2, 0.25) is 0 Å². The van der Waals surface area contributed by atoms with E-state index in [9.17, 15) is 18.7 Å². The highest BCUT2D eigenvalue weighted by Gasteiger charge is 2.66. The number of aliphatic hydroxyl groups is 1. The van der Waals surface area contributed by atoms with E-state index in [1.165, 1.54) is 0 Å². The predicted molar refractivity (Wildman–Crippen MR) is 72.4 cm³/mol. The van der Waals surface area contributed by atoms with Crippen molar-refractivity contribution in [3.05, 3.63) is 0 Å². The summed E-state index contributed by atoms with van der Waals surface area (Å²) in [6, 6.07) is 0. The Hall–Kier alpha value is -0.480. The molecule has 9 heteroatoms. The topological polar surface area (TPSA) is 85.2 Å². The van der Waals surface area contributed by atoms with Gasteiger partial charge in [0.25, 0.3) is 0 Å². The Morgan fingerprint density at radius 3 is 2.55 bits per heavy atom. The van der Waals surface area contributed by atoms with Crippen molar-refractivity contribution in [3.8, 4) is 0 Å². The zero-order chi connectivity index (χ0) is 16.8. The molecule has 4 unspecified atom stereocenters. The second-order valence-electron chi connectivity index (χ2n) is 6.73. The summed E-state index contributed by atoms with van der Waals surface area (Å²) in [4.78, 5) is 11.4. The van der Waals surface area contributed by atoms with E-state index in [0.717, 1.165) is 12.8 Å². The molecule has 0 aromatic rings. The minimum Gasteiger partial charge on any atom is -0.460 e. The van der Waals surface area contributed by atoms with Gasteiger partial charge in [0.15, 0.2) is 0 Å². The number of halogens is 2. The number of rotatable bonds is 6. The zero-order valence-electron chi connectivity index (χ0n) is 12.5. The highest BCUT2D eigenvalue weighted by Crippen LogP contribution is 2.67. The Labute approximate surface area is 131 Å². The summed E-state index contributed by atoms with van der Waals surface area (Å²) in [6.45, 7) is 5.80. The maximum atomic E-state index is 13.3. The van der Waals surface area contributed by atoms with E-state index < -0.39 is 29.4 Å². The van der Waals surface area contributed by atoms with Gasteiger partial charge in [-0.15, -0.1) is 4.33 Å². The third-order valence-electron chi connectivity index (χ3n) is 5.76. The molecular weight excluding hydrogens is 322 g/mol. The van der Waals surface area contributed by atoms with Crippen molar-refractivity contribution < 1.29 is 38.0 Å². The van der Waals surface area contributed by atoms with Crippen LogP contribution >= 0.6 is 12.0 Å². The maximum absolute atomic E-state index is 13.3. The summed E-state index contributed by atoms with van der Waals surface area (Å²) in [5, 5.41) is 17.3. The van der Waals surface area contributed by atoms with Gasteiger partial charge in [0, 0.05) is 5.92 Å². The van der Waals surface area contributed by atoms with E-state index in [-0.39, 0.29) is 29.3 Å². The fraction of sp³-hybridized carbons (Fsp3) is 0.923. The monoisotopic (exact) mass is 342 g/mol. The quantitative estimate of drug-likeness (QED) is 0.332. The molecule has 2 N–H and O–H groups in total. The number of carbonyl (C=O) groups excluding carboxylic acids is 1. The normalized spacial score (nSPS) is 36.6. The highest BCUT2D eigenvalue weighted by atomic mass is 32.2. The standard InChI is InChI=1S/C13H20F2O6S/c1-11(2)8-4-5-12(11,3)9(16)7(8)6-19-10(17)13(14,15)22-21-20-18/h7-9,16,18H,4-6H2,1-3H3. The van der Waals surface area contributed by atoms with Crippen molar-refractivity contribution in [3.63, 3.8) is 0 Å². The lowest BCUT2D eigenvalue weighted by Gasteiger charge is -2.37. The van der Waals surface area contributed by atoms with E-state index in [1.807, 2.05) is 20.8 Å². The van der Waals surface area contributed by atoms with Gasteiger partial charge in [-0.05, 0) is 29.6 Å². The SMILES string of the molecule is CC1(C)C2CCC1(C)C(O)C2COC(=O)C(F)(F)SOOO. The molecule has 2 aliphatic carbocycles. The Morgan fingerprint density at radius 1 is 1.41 bits per heavy atom. The first-order valence-corrected chi connectivity index (χ1v) is 7.71. The second-order valence-corrected chi connectivity index (χ2v) is 7.55. The van der Waals surface area contributed by atoms with E-state index in [0.29, 0.717) is 0 Å². The van der Waals surface area contributed by atoms with Crippen molar-refractivity contribution in [1.29, 1.82) is 0 Å².